The number of amides is 1. The molecule has 26 heavy (non-hydrogen) atoms. The van der Waals surface area contributed by atoms with E-state index in [9.17, 15) is 9.59 Å². The number of aromatic nitrogens is 3. The number of fused-ring (bicyclic) bond motifs is 1. The first kappa shape index (κ1) is 18.6. The second-order valence-electron chi connectivity index (χ2n) is 7.60. The molecule has 0 radical (unpaired) electrons. The third-order valence-electron chi connectivity index (χ3n) is 5.64. The summed E-state index contributed by atoms with van der Waals surface area (Å²) in [5.74, 6) is 0.192. The van der Waals surface area contributed by atoms with Crippen LogP contribution in [0, 0.1) is 13.8 Å². The molecule has 0 spiro atoms. The summed E-state index contributed by atoms with van der Waals surface area (Å²) in [5.41, 5.74) is 3.40. The number of likely N-dealkylation sites (N-methyl/N-ethyl adjacent to an activating group) is 1. The van der Waals surface area contributed by atoms with E-state index < -0.39 is 0 Å². The summed E-state index contributed by atoms with van der Waals surface area (Å²) in [6.45, 7) is 5.55. The Morgan fingerprint density at radius 3 is 2.77 bits per heavy atom. The van der Waals surface area contributed by atoms with E-state index in [0.717, 1.165) is 42.8 Å². The molecule has 1 amide bonds. The average Bonchev–Trinajstić information content (AvgIpc) is 2.88. The third kappa shape index (κ3) is 3.40. The topological polar surface area (TPSA) is 74.2 Å². The molecule has 0 bridgehead atoms. The van der Waals surface area contributed by atoms with E-state index in [2.05, 4.69) is 29.1 Å². The van der Waals surface area contributed by atoms with Crippen molar-refractivity contribution in [1.29, 1.82) is 0 Å². The Morgan fingerprint density at radius 2 is 2.08 bits per heavy atom. The number of carbonyl (C=O) groups is 1. The number of H-pyrrole nitrogens is 1. The molecule has 1 aliphatic rings. The van der Waals surface area contributed by atoms with Gasteiger partial charge in [0.15, 0.2) is 5.65 Å². The first-order valence-electron chi connectivity index (χ1n) is 9.28. The molecule has 1 saturated heterocycles. The summed E-state index contributed by atoms with van der Waals surface area (Å²) < 4.78 is 1.65. The van der Waals surface area contributed by atoms with Crippen LogP contribution in [0.5, 0.6) is 0 Å². The Kier molecular flexibility index (Phi) is 5.18. The number of aromatic amines is 1. The second-order valence-corrected chi connectivity index (χ2v) is 7.60. The molecule has 142 valence electrons. The highest BCUT2D eigenvalue weighted by Gasteiger charge is 2.25. The van der Waals surface area contributed by atoms with Crippen LogP contribution >= 0.6 is 0 Å². The molecule has 1 fully saturated rings. The fraction of sp³-hybridized carbons (Fsp3) is 0.632. The smallest absolute Gasteiger partial charge is 0.273 e. The van der Waals surface area contributed by atoms with Gasteiger partial charge in [0, 0.05) is 38.3 Å². The van der Waals surface area contributed by atoms with Crippen LogP contribution in [-0.4, -0.2) is 63.7 Å². The van der Waals surface area contributed by atoms with Crippen LogP contribution in [0.4, 0.5) is 0 Å². The van der Waals surface area contributed by atoms with Crippen molar-refractivity contribution in [2.24, 2.45) is 7.05 Å². The number of likely N-dealkylation sites (tertiary alicyclic amines) is 1. The lowest BCUT2D eigenvalue weighted by Gasteiger charge is -2.36. The molecule has 7 heteroatoms. The molecule has 1 unspecified atom stereocenters. The Balaban J connectivity index is 1.76. The van der Waals surface area contributed by atoms with Crippen LogP contribution in [0.3, 0.4) is 0 Å². The fourth-order valence-corrected chi connectivity index (χ4v) is 4.01. The predicted molar refractivity (Wildman–Crippen MR) is 102 cm³/mol. The Morgan fingerprint density at radius 1 is 1.35 bits per heavy atom. The molecule has 0 aromatic carbocycles. The maximum atomic E-state index is 12.7. The van der Waals surface area contributed by atoms with E-state index in [1.807, 2.05) is 18.7 Å². The van der Waals surface area contributed by atoms with Gasteiger partial charge in [0.25, 0.3) is 5.56 Å². The number of hydrogen-bond acceptors (Lipinski definition) is 4. The highest BCUT2D eigenvalue weighted by atomic mass is 16.2. The molecular weight excluding hydrogens is 330 g/mol. The van der Waals surface area contributed by atoms with Gasteiger partial charge in [0.05, 0.1) is 5.39 Å². The largest absolute Gasteiger partial charge is 0.341 e. The van der Waals surface area contributed by atoms with Crippen LogP contribution in [0.15, 0.2) is 4.79 Å². The van der Waals surface area contributed by atoms with Crippen molar-refractivity contribution < 1.29 is 4.79 Å². The maximum absolute atomic E-state index is 12.7. The standard InChI is InChI=1S/C19H29N5O2/c1-12-15(13(2)20-18-17(12)19(26)21-23(18)5)8-9-16(25)24-10-6-7-14(11-24)22(3)4/h14H,6-11H2,1-5H3,(H,21,26). The SMILES string of the molecule is Cc1nc2c(c(C)c1CCC(=O)N1CCCC(N(C)C)C1)c(=O)[nH]n2C. The van der Waals surface area contributed by atoms with Crippen LogP contribution in [0.2, 0.25) is 0 Å². The maximum Gasteiger partial charge on any atom is 0.273 e. The van der Waals surface area contributed by atoms with Gasteiger partial charge in [0.1, 0.15) is 0 Å². The monoisotopic (exact) mass is 359 g/mol. The second kappa shape index (κ2) is 7.23. The van der Waals surface area contributed by atoms with Gasteiger partial charge >= 0.3 is 0 Å². The number of piperidine rings is 1. The van der Waals surface area contributed by atoms with Crippen LogP contribution in [0.25, 0.3) is 11.0 Å². The van der Waals surface area contributed by atoms with E-state index in [1.165, 1.54) is 0 Å². The summed E-state index contributed by atoms with van der Waals surface area (Å²) in [6.07, 6.45) is 3.28. The average molecular weight is 359 g/mol. The van der Waals surface area contributed by atoms with Crippen LogP contribution < -0.4 is 5.56 Å². The van der Waals surface area contributed by atoms with Crippen molar-refractivity contribution in [3.8, 4) is 0 Å². The predicted octanol–water partition coefficient (Wildman–Crippen LogP) is 1.36. The highest BCUT2D eigenvalue weighted by Crippen LogP contribution is 2.22. The van der Waals surface area contributed by atoms with E-state index in [1.54, 1.807) is 11.7 Å². The van der Waals surface area contributed by atoms with Crippen molar-refractivity contribution in [3.05, 3.63) is 27.2 Å². The Hall–Kier alpha value is -2.15. The molecule has 0 aliphatic carbocycles. The van der Waals surface area contributed by atoms with Gasteiger partial charge in [-0.3, -0.25) is 19.4 Å². The van der Waals surface area contributed by atoms with Crippen LogP contribution in [-0.2, 0) is 18.3 Å². The van der Waals surface area contributed by atoms with Gasteiger partial charge in [-0.2, -0.15) is 0 Å². The minimum absolute atomic E-state index is 0.120. The molecule has 0 saturated carbocycles. The number of hydrogen-bond donors (Lipinski definition) is 1. The molecule has 7 nitrogen and oxygen atoms in total. The van der Waals surface area contributed by atoms with E-state index in [-0.39, 0.29) is 11.5 Å². The summed E-state index contributed by atoms with van der Waals surface area (Å²) in [6, 6.07) is 0.442. The van der Waals surface area contributed by atoms with Gasteiger partial charge < -0.3 is 9.80 Å². The van der Waals surface area contributed by atoms with Gasteiger partial charge in [-0.25, -0.2) is 4.98 Å². The number of nitrogens with one attached hydrogen (secondary N) is 1. The molecule has 1 atom stereocenters. The Bertz CT molecular complexity index is 880. The summed E-state index contributed by atoms with van der Waals surface area (Å²) in [7, 11) is 5.93. The fourth-order valence-electron chi connectivity index (χ4n) is 4.01. The summed E-state index contributed by atoms with van der Waals surface area (Å²) in [4.78, 5) is 33.7. The van der Waals surface area contributed by atoms with E-state index in [4.69, 9.17) is 0 Å². The number of nitrogens with zero attached hydrogens (tertiary/aromatic N) is 4. The molecule has 3 heterocycles. The molecule has 3 rings (SSSR count). The minimum Gasteiger partial charge on any atom is -0.341 e. The van der Waals surface area contributed by atoms with Crippen LogP contribution in [0.1, 0.15) is 36.1 Å². The number of rotatable bonds is 4. The third-order valence-corrected chi connectivity index (χ3v) is 5.64. The molecule has 1 aliphatic heterocycles. The van der Waals surface area contributed by atoms with Gasteiger partial charge in [-0.05, 0) is 58.3 Å². The zero-order chi connectivity index (χ0) is 19.0. The zero-order valence-electron chi connectivity index (χ0n) is 16.4. The van der Waals surface area contributed by atoms with E-state index >= 15 is 0 Å². The lowest BCUT2D eigenvalue weighted by atomic mass is 9.99. The van der Waals surface area contributed by atoms with Gasteiger partial charge in [0.2, 0.25) is 5.91 Å². The summed E-state index contributed by atoms with van der Waals surface area (Å²) >= 11 is 0. The number of aryl methyl sites for hydroxylation is 3. The van der Waals surface area contributed by atoms with Gasteiger partial charge in [-0.15, -0.1) is 0 Å². The lowest BCUT2D eigenvalue weighted by Crippen LogP contribution is -2.47. The van der Waals surface area contributed by atoms with Crippen molar-refractivity contribution >= 4 is 16.9 Å². The quantitative estimate of drug-likeness (QED) is 0.895. The molecule has 2 aromatic heterocycles. The minimum atomic E-state index is -0.120. The normalized spacial score (nSPS) is 18.1. The molecule has 2 aromatic rings. The molecule has 1 N–H and O–H groups in total. The van der Waals surface area contributed by atoms with Crippen molar-refractivity contribution in [2.75, 3.05) is 27.2 Å². The number of carbonyl (C=O) groups excluding carboxylic acids is 1. The first-order valence-corrected chi connectivity index (χ1v) is 9.28. The Labute approximate surface area is 154 Å². The van der Waals surface area contributed by atoms with Crippen molar-refractivity contribution in [1.82, 2.24) is 24.6 Å². The molecular formula is C19H29N5O2. The highest BCUT2D eigenvalue weighted by molar-refractivity contribution is 5.81. The summed E-state index contributed by atoms with van der Waals surface area (Å²) in [5, 5.41) is 3.39. The first-order chi connectivity index (χ1) is 12.3. The van der Waals surface area contributed by atoms with Crippen molar-refractivity contribution in [3.63, 3.8) is 0 Å². The van der Waals surface area contributed by atoms with Crippen molar-refractivity contribution in [2.45, 2.75) is 45.6 Å². The van der Waals surface area contributed by atoms with Gasteiger partial charge in [-0.1, -0.05) is 0 Å². The lowest BCUT2D eigenvalue weighted by molar-refractivity contribution is -0.133. The zero-order valence-corrected chi connectivity index (χ0v) is 16.4. The van der Waals surface area contributed by atoms with E-state index in [0.29, 0.717) is 29.9 Å². The number of pyridine rings is 1.